The molecule has 0 saturated heterocycles. The minimum absolute atomic E-state index is 0.455. The Morgan fingerprint density at radius 3 is 1.77 bits per heavy atom. The van der Waals surface area contributed by atoms with Gasteiger partial charge in [0, 0.05) is 12.6 Å². The van der Waals surface area contributed by atoms with E-state index >= 15 is 0 Å². The molecular weight excluding hydrogens is 314 g/mol. The molecule has 5 rings (SSSR count). The van der Waals surface area contributed by atoms with Gasteiger partial charge in [0.1, 0.15) is 0 Å². The predicted octanol–water partition coefficient (Wildman–Crippen LogP) is 5.50. The van der Waals surface area contributed by atoms with Crippen molar-refractivity contribution in [3.05, 3.63) is 132 Å². The average molecular weight is 331 g/mol. The number of benzene rings is 3. The van der Waals surface area contributed by atoms with Crippen molar-refractivity contribution in [1.29, 1.82) is 0 Å². The molecule has 0 N–H and O–H groups in total. The van der Waals surface area contributed by atoms with E-state index in [-0.39, 0.29) is 0 Å². The molecule has 0 saturated carbocycles. The molecule has 1 aliphatic rings. The second kappa shape index (κ2) is 5.67. The summed E-state index contributed by atoms with van der Waals surface area (Å²) in [6, 6.07) is 33.8. The summed E-state index contributed by atoms with van der Waals surface area (Å²) in [6.45, 7) is 6.09. The largest absolute Gasteiger partial charge is 0.256 e. The van der Waals surface area contributed by atoms with Crippen LogP contribution >= 0.6 is 0 Å². The van der Waals surface area contributed by atoms with Gasteiger partial charge < -0.3 is 0 Å². The molecule has 0 fully saturated rings. The molecule has 1 aromatic heterocycles. The first-order valence-corrected chi connectivity index (χ1v) is 8.80. The maximum absolute atomic E-state index is 6.09. The van der Waals surface area contributed by atoms with Crippen LogP contribution in [0.3, 0.4) is 0 Å². The fraction of sp³-hybridized carbons (Fsp3) is 0.0400. The average Bonchev–Trinajstić information content (AvgIpc) is 3.00. The van der Waals surface area contributed by atoms with Crippen LogP contribution in [0.15, 0.2) is 97.1 Å². The summed E-state index contributed by atoms with van der Waals surface area (Å²) in [4.78, 5) is 4.78. The molecule has 1 aliphatic carbocycles. The third kappa shape index (κ3) is 1.94. The summed E-state index contributed by atoms with van der Waals surface area (Å²) in [5.41, 5.74) is 7.28. The lowest BCUT2D eigenvalue weighted by atomic mass is 9.70. The summed E-state index contributed by atoms with van der Waals surface area (Å²) in [5, 5.41) is 0. The Hall–Kier alpha value is -3.19. The van der Waals surface area contributed by atoms with Crippen molar-refractivity contribution in [2.75, 3.05) is 0 Å². The van der Waals surface area contributed by atoms with E-state index in [1.54, 1.807) is 0 Å². The molecule has 0 unspecified atom stereocenters. The molecule has 0 aliphatic heterocycles. The Morgan fingerprint density at radius 1 is 0.577 bits per heavy atom. The summed E-state index contributed by atoms with van der Waals surface area (Å²) in [7, 11) is 0. The van der Waals surface area contributed by atoms with Gasteiger partial charge in [-0.3, -0.25) is 4.98 Å². The van der Waals surface area contributed by atoms with Crippen molar-refractivity contribution in [3.8, 4) is 11.1 Å². The number of aromatic nitrogens is 1. The van der Waals surface area contributed by atoms with Crippen LogP contribution in [0, 0.1) is 6.92 Å². The smallest absolute Gasteiger partial charge is 0.0885 e. The Balaban J connectivity index is 1.98. The van der Waals surface area contributed by atoms with Crippen LogP contribution in [-0.4, -0.2) is 4.98 Å². The zero-order chi connectivity index (χ0) is 17.6. The Labute approximate surface area is 154 Å². The van der Waals surface area contributed by atoms with Crippen molar-refractivity contribution in [3.63, 3.8) is 0 Å². The van der Waals surface area contributed by atoms with E-state index in [0.29, 0.717) is 5.69 Å². The summed E-state index contributed by atoms with van der Waals surface area (Å²) >= 11 is 0. The highest BCUT2D eigenvalue weighted by Gasteiger charge is 2.46. The molecule has 4 aromatic rings. The van der Waals surface area contributed by atoms with Crippen molar-refractivity contribution in [1.82, 2.24) is 4.98 Å². The molecule has 1 heterocycles. The predicted molar refractivity (Wildman–Crippen MR) is 105 cm³/mol. The maximum Gasteiger partial charge on any atom is 0.0885 e. The quantitative estimate of drug-likeness (QED) is 0.416. The Kier molecular flexibility index (Phi) is 3.29. The zero-order valence-electron chi connectivity index (χ0n) is 14.3. The summed E-state index contributed by atoms with van der Waals surface area (Å²) in [6.07, 6.45) is 0. The lowest BCUT2D eigenvalue weighted by molar-refractivity contribution is 0.732. The lowest BCUT2D eigenvalue weighted by Gasteiger charge is -2.32. The van der Waals surface area contributed by atoms with Crippen LogP contribution in [0.25, 0.3) is 11.1 Å². The first-order chi connectivity index (χ1) is 12.8. The highest BCUT2D eigenvalue weighted by atomic mass is 14.7. The van der Waals surface area contributed by atoms with Gasteiger partial charge in [-0.25, -0.2) is 0 Å². The zero-order valence-corrected chi connectivity index (χ0v) is 14.3. The number of pyridine rings is 1. The number of rotatable bonds is 2. The number of nitrogens with zero attached hydrogens (tertiary/aromatic N) is 1. The summed E-state index contributed by atoms with van der Waals surface area (Å²) < 4.78 is 0. The van der Waals surface area contributed by atoms with E-state index in [9.17, 15) is 0 Å². The summed E-state index contributed by atoms with van der Waals surface area (Å²) in [5.74, 6) is 0. The number of hydrogen-bond donors (Lipinski definition) is 0. The van der Waals surface area contributed by atoms with Gasteiger partial charge in [0.25, 0.3) is 0 Å². The Morgan fingerprint density at radius 2 is 1.15 bits per heavy atom. The maximum atomic E-state index is 6.09. The minimum atomic E-state index is -0.455. The third-order valence-electron chi connectivity index (χ3n) is 5.31. The lowest BCUT2D eigenvalue weighted by Crippen LogP contribution is -2.29. The van der Waals surface area contributed by atoms with Crippen LogP contribution in [0.4, 0.5) is 0 Å². The van der Waals surface area contributed by atoms with Gasteiger partial charge in [0.2, 0.25) is 0 Å². The molecule has 1 nitrogen and oxygen atoms in total. The van der Waals surface area contributed by atoms with E-state index in [1.807, 2.05) is 12.1 Å². The number of hydrogen-bond acceptors (Lipinski definition) is 1. The van der Waals surface area contributed by atoms with Crippen molar-refractivity contribution in [2.24, 2.45) is 0 Å². The molecule has 26 heavy (non-hydrogen) atoms. The molecule has 0 atom stereocenters. The fourth-order valence-electron chi connectivity index (χ4n) is 4.32. The van der Waals surface area contributed by atoms with Gasteiger partial charge in [0.05, 0.1) is 11.1 Å². The van der Waals surface area contributed by atoms with Crippen molar-refractivity contribution >= 4 is 0 Å². The van der Waals surface area contributed by atoms with Crippen LogP contribution in [0.5, 0.6) is 0 Å². The molecule has 0 spiro atoms. The normalized spacial score (nSPS) is 13.9. The highest BCUT2D eigenvalue weighted by molar-refractivity contribution is 5.85. The monoisotopic (exact) mass is 331 g/mol. The van der Waals surface area contributed by atoms with Crippen LogP contribution in [0.1, 0.15) is 28.1 Å². The first-order valence-electron chi connectivity index (χ1n) is 8.80. The Bertz CT molecular complexity index is 1050. The van der Waals surface area contributed by atoms with Gasteiger partial charge in [-0.05, 0) is 39.9 Å². The van der Waals surface area contributed by atoms with Gasteiger partial charge in [-0.1, -0.05) is 84.9 Å². The SMILES string of the molecule is [CH]c1cccc(C2(c3ccccc3)c3ccccc3-c3ccccc32)n1. The fourth-order valence-corrected chi connectivity index (χ4v) is 4.32. The third-order valence-corrected chi connectivity index (χ3v) is 5.31. The molecule has 0 amide bonds. The van der Waals surface area contributed by atoms with Gasteiger partial charge in [0.15, 0.2) is 0 Å². The minimum Gasteiger partial charge on any atom is -0.256 e. The molecular formula is C25H17N. The highest BCUT2D eigenvalue weighted by Crippen LogP contribution is 2.55. The van der Waals surface area contributed by atoms with Crippen LogP contribution in [0.2, 0.25) is 0 Å². The number of fused-ring (bicyclic) bond motifs is 3. The van der Waals surface area contributed by atoms with E-state index < -0.39 is 5.41 Å². The molecule has 1 heteroatoms. The van der Waals surface area contributed by atoms with Gasteiger partial charge in [-0.15, -0.1) is 0 Å². The second-order valence-corrected chi connectivity index (χ2v) is 6.65. The van der Waals surface area contributed by atoms with E-state index in [1.165, 1.54) is 27.8 Å². The van der Waals surface area contributed by atoms with Gasteiger partial charge >= 0.3 is 0 Å². The van der Waals surface area contributed by atoms with E-state index in [2.05, 4.69) is 84.9 Å². The van der Waals surface area contributed by atoms with Crippen LogP contribution < -0.4 is 0 Å². The van der Waals surface area contributed by atoms with E-state index in [4.69, 9.17) is 11.9 Å². The topological polar surface area (TPSA) is 12.9 Å². The molecule has 122 valence electrons. The molecule has 0 bridgehead atoms. The van der Waals surface area contributed by atoms with Crippen molar-refractivity contribution < 1.29 is 0 Å². The van der Waals surface area contributed by atoms with E-state index in [0.717, 1.165) is 5.69 Å². The van der Waals surface area contributed by atoms with Crippen LogP contribution in [-0.2, 0) is 5.41 Å². The van der Waals surface area contributed by atoms with Crippen molar-refractivity contribution in [2.45, 2.75) is 5.41 Å². The molecule has 2 radical (unpaired) electrons. The standard InChI is InChI=1S/C25H17N/c1-18-10-9-17-24(26-18)25(19-11-3-2-4-12-19)22-15-7-5-13-20(22)21-14-6-8-16-23(21)25/h1-17H. The first kappa shape index (κ1) is 15.1. The second-order valence-electron chi connectivity index (χ2n) is 6.65. The van der Waals surface area contributed by atoms with Gasteiger partial charge in [-0.2, -0.15) is 0 Å². The molecule has 3 aromatic carbocycles.